The minimum Gasteiger partial charge on any atom is -0.467 e. The van der Waals surface area contributed by atoms with Crippen molar-refractivity contribution in [3.63, 3.8) is 0 Å². The van der Waals surface area contributed by atoms with Crippen LogP contribution in [-0.4, -0.2) is 43.1 Å². The summed E-state index contributed by atoms with van der Waals surface area (Å²) in [5.41, 5.74) is 4.25. The average Bonchev–Trinajstić information content (AvgIpc) is 2.89. The second-order valence-corrected chi connectivity index (χ2v) is 9.45. The van der Waals surface area contributed by atoms with Gasteiger partial charge in [-0.1, -0.05) is 38.1 Å². The molecule has 194 valence electrons. The number of hydrogen-bond acceptors (Lipinski definition) is 7. The molecule has 1 heterocycles. The van der Waals surface area contributed by atoms with Gasteiger partial charge in [0.15, 0.2) is 11.3 Å². The minimum absolute atomic E-state index is 0.0532. The van der Waals surface area contributed by atoms with E-state index in [1.165, 1.54) is 7.11 Å². The Morgan fingerprint density at radius 1 is 1.14 bits per heavy atom. The van der Waals surface area contributed by atoms with Crippen LogP contribution >= 0.6 is 0 Å². The topological polar surface area (TPSA) is 106 Å². The van der Waals surface area contributed by atoms with Gasteiger partial charge in [-0.15, -0.1) is 0 Å². The number of anilines is 1. The van der Waals surface area contributed by atoms with Crippen molar-refractivity contribution in [1.82, 2.24) is 10.3 Å². The van der Waals surface area contributed by atoms with E-state index in [0.29, 0.717) is 37.3 Å². The fourth-order valence-corrected chi connectivity index (χ4v) is 4.43. The second-order valence-electron chi connectivity index (χ2n) is 9.45. The molecule has 1 amide bonds. The third kappa shape index (κ3) is 5.74. The third-order valence-electron chi connectivity index (χ3n) is 6.37. The lowest BCUT2D eigenvalue weighted by molar-refractivity contribution is -0.146. The van der Waals surface area contributed by atoms with Crippen molar-refractivity contribution in [2.45, 2.75) is 46.6 Å². The highest BCUT2D eigenvalue weighted by atomic mass is 16.5. The standard InChI is InChI=1S/C29H34N4O4/c1-6-30-21-15-24-23(14-18(21)4)32-28-20-11-8-7-10-19(20)22(16-25(28)37-24)31-13-9-12-26(34)33-27(17(2)3)29(35)36-5/h7-8,10-11,14-17,27,31H,6,9,12-13H2,1-5H3,(H,33,34). The molecule has 4 rings (SSSR count). The van der Waals surface area contributed by atoms with E-state index >= 15 is 0 Å². The van der Waals surface area contributed by atoms with Crippen LogP contribution in [-0.2, 0) is 14.3 Å². The number of aryl methyl sites for hydroxylation is 1. The molecule has 2 aromatic rings. The lowest BCUT2D eigenvalue weighted by Gasteiger charge is -2.19. The van der Waals surface area contributed by atoms with Gasteiger partial charge in [-0.25, -0.2) is 9.78 Å². The Labute approximate surface area is 216 Å². The Morgan fingerprint density at radius 3 is 2.59 bits per heavy atom. The summed E-state index contributed by atoms with van der Waals surface area (Å²) in [5, 5.41) is 9.16. The molecule has 8 nitrogen and oxygen atoms in total. The van der Waals surface area contributed by atoms with E-state index in [0.717, 1.165) is 38.6 Å². The molecule has 1 aliphatic carbocycles. The number of benzene rings is 3. The number of nitrogens with zero attached hydrogens (tertiary/aromatic N) is 2. The predicted molar refractivity (Wildman–Crippen MR) is 145 cm³/mol. The van der Waals surface area contributed by atoms with E-state index in [1.54, 1.807) is 0 Å². The molecule has 1 atom stereocenters. The molecule has 1 unspecified atom stereocenters. The minimum atomic E-state index is -0.645. The molecule has 2 aliphatic rings. The molecule has 0 saturated heterocycles. The number of esters is 1. The molecule has 37 heavy (non-hydrogen) atoms. The summed E-state index contributed by atoms with van der Waals surface area (Å²) in [6, 6.07) is 13.4. The van der Waals surface area contributed by atoms with Gasteiger partial charge in [0, 0.05) is 48.1 Å². The molecule has 1 aliphatic heterocycles. The van der Waals surface area contributed by atoms with Gasteiger partial charge in [0.25, 0.3) is 0 Å². The van der Waals surface area contributed by atoms with Gasteiger partial charge in [-0.05, 0) is 37.8 Å². The second kappa shape index (κ2) is 11.4. The van der Waals surface area contributed by atoms with E-state index in [1.807, 2.05) is 70.2 Å². The highest BCUT2D eigenvalue weighted by Gasteiger charge is 2.24. The highest BCUT2D eigenvalue weighted by molar-refractivity contribution is 6.10. The Morgan fingerprint density at radius 2 is 1.89 bits per heavy atom. The first kappa shape index (κ1) is 26.1. The Balaban J connectivity index is 1.56. The van der Waals surface area contributed by atoms with E-state index < -0.39 is 12.0 Å². The maximum Gasteiger partial charge on any atom is 0.328 e. The van der Waals surface area contributed by atoms with Crippen LogP contribution in [0.2, 0.25) is 0 Å². The first-order chi connectivity index (χ1) is 17.8. The van der Waals surface area contributed by atoms with Crippen molar-refractivity contribution in [3.8, 4) is 11.5 Å². The van der Waals surface area contributed by atoms with Gasteiger partial charge in [0.1, 0.15) is 17.3 Å². The van der Waals surface area contributed by atoms with Gasteiger partial charge in [0.05, 0.1) is 12.5 Å². The number of aromatic nitrogens is 1. The average molecular weight is 503 g/mol. The summed E-state index contributed by atoms with van der Waals surface area (Å²) in [6.45, 7) is 9.06. The normalized spacial score (nSPS) is 12.9. The zero-order valence-electron chi connectivity index (χ0n) is 22.1. The molecule has 0 radical (unpaired) electrons. The van der Waals surface area contributed by atoms with E-state index in [-0.39, 0.29) is 11.8 Å². The van der Waals surface area contributed by atoms with Gasteiger partial charge < -0.3 is 19.8 Å². The van der Waals surface area contributed by atoms with E-state index in [2.05, 4.69) is 15.6 Å². The van der Waals surface area contributed by atoms with Crippen LogP contribution in [0.15, 0.2) is 51.9 Å². The molecule has 2 N–H and O–H groups in total. The maximum atomic E-state index is 12.4. The van der Waals surface area contributed by atoms with Gasteiger partial charge in [0.2, 0.25) is 5.91 Å². The SMILES string of the molecule is CCN=c1cc2oc3cc(NCCCC(=O)NC(C(=O)OC)C(C)C)c4ccccc4c3nc-2cc1C. The number of nitrogens with one attached hydrogen (secondary N) is 2. The molecule has 8 heteroatoms. The first-order valence-electron chi connectivity index (χ1n) is 12.7. The van der Waals surface area contributed by atoms with Gasteiger partial charge in [-0.3, -0.25) is 9.79 Å². The molecule has 0 saturated carbocycles. The van der Waals surface area contributed by atoms with Crippen molar-refractivity contribution in [3.05, 3.63) is 53.4 Å². The highest BCUT2D eigenvalue weighted by Crippen LogP contribution is 2.34. The molecule has 0 bridgehead atoms. The van der Waals surface area contributed by atoms with Crippen LogP contribution < -0.4 is 16.0 Å². The van der Waals surface area contributed by atoms with Crippen molar-refractivity contribution in [2.75, 3.05) is 25.5 Å². The van der Waals surface area contributed by atoms with E-state index in [9.17, 15) is 9.59 Å². The number of fused-ring (bicyclic) bond motifs is 4. The fourth-order valence-electron chi connectivity index (χ4n) is 4.43. The zero-order chi connectivity index (χ0) is 26.5. The molecule has 0 fully saturated rings. The third-order valence-corrected chi connectivity index (χ3v) is 6.37. The Hall–Kier alpha value is -3.94. The molecular weight excluding hydrogens is 468 g/mol. The summed E-state index contributed by atoms with van der Waals surface area (Å²) in [6.07, 6.45) is 0.886. The number of amides is 1. The summed E-state index contributed by atoms with van der Waals surface area (Å²) >= 11 is 0. The first-order valence-corrected chi connectivity index (χ1v) is 12.7. The van der Waals surface area contributed by atoms with Gasteiger partial charge >= 0.3 is 5.97 Å². The van der Waals surface area contributed by atoms with Crippen molar-refractivity contribution in [2.24, 2.45) is 10.9 Å². The number of methoxy groups -OCH3 is 1. The number of hydrogen-bond donors (Lipinski definition) is 2. The van der Waals surface area contributed by atoms with Crippen LogP contribution in [0.3, 0.4) is 0 Å². The lowest BCUT2D eigenvalue weighted by atomic mass is 10.0. The summed E-state index contributed by atoms with van der Waals surface area (Å²) in [7, 11) is 1.33. The monoisotopic (exact) mass is 502 g/mol. The summed E-state index contributed by atoms with van der Waals surface area (Å²) < 4.78 is 11.1. The molecular formula is C29H34N4O4. The summed E-state index contributed by atoms with van der Waals surface area (Å²) in [5.74, 6) is 0.0271. The smallest absolute Gasteiger partial charge is 0.328 e. The number of carbonyl (C=O) groups excluding carboxylic acids is 2. The quantitative estimate of drug-likeness (QED) is 0.147. The van der Waals surface area contributed by atoms with Crippen molar-refractivity contribution >= 4 is 39.4 Å². The largest absolute Gasteiger partial charge is 0.467 e. The number of ether oxygens (including phenoxy) is 1. The Bertz CT molecular complexity index is 1470. The molecule has 0 aromatic heterocycles. The van der Waals surface area contributed by atoms with Crippen molar-refractivity contribution < 1.29 is 18.7 Å². The lowest BCUT2D eigenvalue weighted by Crippen LogP contribution is -2.45. The Kier molecular flexibility index (Phi) is 8.06. The fraction of sp³-hybridized carbons (Fsp3) is 0.379. The number of carbonyl (C=O) groups is 2. The zero-order valence-corrected chi connectivity index (χ0v) is 22.1. The van der Waals surface area contributed by atoms with Crippen LogP contribution in [0.4, 0.5) is 5.69 Å². The maximum absolute atomic E-state index is 12.4. The number of rotatable bonds is 9. The molecule has 0 spiro atoms. The molecule has 2 aromatic carbocycles. The van der Waals surface area contributed by atoms with Crippen LogP contribution in [0.25, 0.3) is 33.3 Å². The van der Waals surface area contributed by atoms with Crippen molar-refractivity contribution in [1.29, 1.82) is 0 Å². The van der Waals surface area contributed by atoms with E-state index in [4.69, 9.17) is 14.1 Å². The predicted octanol–water partition coefficient (Wildman–Crippen LogP) is 4.82. The van der Waals surface area contributed by atoms with Crippen LogP contribution in [0.5, 0.6) is 0 Å². The summed E-state index contributed by atoms with van der Waals surface area (Å²) in [4.78, 5) is 33.8. The van der Waals surface area contributed by atoms with Crippen LogP contribution in [0, 0.1) is 12.8 Å². The van der Waals surface area contributed by atoms with Gasteiger partial charge in [-0.2, -0.15) is 0 Å². The van der Waals surface area contributed by atoms with Crippen LogP contribution in [0.1, 0.15) is 39.2 Å².